The van der Waals surface area contributed by atoms with Crippen LogP contribution in [0.2, 0.25) is 0 Å². The van der Waals surface area contributed by atoms with E-state index in [1.165, 1.54) is 25.7 Å². The molecule has 14 heavy (non-hydrogen) atoms. The maximum absolute atomic E-state index is 6.42. The third-order valence-corrected chi connectivity index (χ3v) is 3.22. The van der Waals surface area contributed by atoms with Gasteiger partial charge in [-0.1, -0.05) is 30.9 Å². The molecule has 4 heteroatoms. The van der Waals surface area contributed by atoms with Gasteiger partial charge in [0, 0.05) is 7.05 Å². The van der Waals surface area contributed by atoms with Crippen molar-refractivity contribution in [1.29, 1.82) is 0 Å². The summed E-state index contributed by atoms with van der Waals surface area (Å²) in [5.74, 6) is 0. The van der Waals surface area contributed by atoms with E-state index in [-0.39, 0.29) is 5.54 Å². The van der Waals surface area contributed by atoms with E-state index in [0.29, 0.717) is 0 Å². The molecule has 1 fully saturated rings. The van der Waals surface area contributed by atoms with Crippen LogP contribution >= 0.6 is 0 Å². The Morgan fingerprint density at radius 3 is 2.43 bits per heavy atom. The summed E-state index contributed by atoms with van der Waals surface area (Å²) in [5.41, 5.74) is 7.32. The van der Waals surface area contributed by atoms with Crippen molar-refractivity contribution in [2.75, 3.05) is 0 Å². The van der Waals surface area contributed by atoms with Crippen molar-refractivity contribution in [2.45, 2.75) is 44.1 Å². The van der Waals surface area contributed by atoms with E-state index in [0.717, 1.165) is 18.5 Å². The molecule has 1 aromatic heterocycles. The van der Waals surface area contributed by atoms with Crippen molar-refractivity contribution in [3.63, 3.8) is 0 Å². The molecule has 2 N–H and O–H groups in total. The molecule has 1 aliphatic carbocycles. The maximum Gasteiger partial charge on any atom is 0.0782 e. The Bertz CT molecular complexity index is 297. The zero-order valence-electron chi connectivity index (χ0n) is 8.74. The molecular weight excluding hydrogens is 176 g/mol. The van der Waals surface area contributed by atoms with Crippen LogP contribution in [-0.4, -0.2) is 15.0 Å². The minimum atomic E-state index is -0.186. The highest BCUT2D eigenvalue weighted by atomic mass is 15.4. The molecule has 1 aliphatic rings. The minimum Gasteiger partial charge on any atom is -0.320 e. The monoisotopic (exact) mass is 194 g/mol. The van der Waals surface area contributed by atoms with Crippen molar-refractivity contribution in [2.24, 2.45) is 12.8 Å². The van der Waals surface area contributed by atoms with Crippen molar-refractivity contribution in [3.8, 4) is 0 Å². The smallest absolute Gasteiger partial charge is 0.0782 e. The topological polar surface area (TPSA) is 56.7 Å². The third kappa shape index (κ3) is 1.66. The Hall–Kier alpha value is -0.900. The molecule has 0 amide bonds. The van der Waals surface area contributed by atoms with Gasteiger partial charge in [0.15, 0.2) is 0 Å². The van der Waals surface area contributed by atoms with Gasteiger partial charge in [-0.25, -0.2) is 0 Å². The summed E-state index contributed by atoms with van der Waals surface area (Å²) < 4.78 is 1.81. The van der Waals surface area contributed by atoms with E-state index >= 15 is 0 Å². The quantitative estimate of drug-likeness (QED) is 0.686. The molecule has 78 valence electrons. The van der Waals surface area contributed by atoms with Gasteiger partial charge in [-0.2, -0.15) is 0 Å². The Labute approximate surface area is 84.5 Å². The van der Waals surface area contributed by atoms with Crippen molar-refractivity contribution < 1.29 is 0 Å². The fourth-order valence-electron chi connectivity index (χ4n) is 2.36. The van der Waals surface area contributed by atoms with E-state index in [2.05, 4.69) is 10.3 Å². The molecule has 0 saturated heterocycles. The highest BCUT2D eigenvalue weighted by Crippen LogP contribution is 2.32. The highest BCUT2D eigenvalue weighted by molar-refractivity contribution is 5.11. The maximum atomic E-state index is 6.42. The largest absolute Gasteiger partial charge is 0.320 e. The molecule has 0 atom stereocenters. The first-order valence-corrected chi connectivity index (χ1v) is 5.36. The number of nitrogens with zero attached hydrogens (tertiary/aromatic N) is 3. The van der Waals surface area contributed by atoms with Gasteiger partial charge in [-0.3, -0.25) is 4.68 Å². The molecule has 4 nitrogen and oxygen atoms in total. The fraction of sp³-hybridized carbons (Fsp3) is 0.800. The fourth-order valence-corrected chi connectivity index (χ4v) is 2.36. The summed E-state index contributed by atoms with van der Waals surface area (Å²) in [4.78, 5) is 0. The van der Waals surface area contributed by atoms with Crippen LogP contribution in [0.5, 0.6) is 0 Å². The van der Waals surface area contributed by atoms with Gasteiger partial charge in [0.2, 0.25) is 0 Å². The lowest BCUT2D eigenvalue weighted by atomic mass is 9.88. The summed E-state index contributed by atoms with van der Waals surface area (Å²) in [7, 11) is 1.92. The van der Waals surface area contributed by atoms with Crippen LogP contribution in [0.4, 0.5) is 0 Å². The van der Waals surface area contributed by atoms with Crippen LogP contribution in [-0.2, 0) is 12.6 Å². The first-order chi connectivity index (χ1) is 6.72. The zero-order chi connectivity index (χ0) is 10.0. The van der Waals surface area contributed by atoms with Crippen LogP contribution in [0.1, 0.15) is 44.2 Å². The number of hydrogen-bond donors (Lipinski definition) is 1. The summed E-state index contributed by atoms with van der Waals surface area (Å²) >= 11 is 0. The first kappa shape index (κ1) is 9.65. The SMILES string of the molecule is Cn1nncc1C1(N)CCCCCC1. The van der Waals surface area contributed by atoms with E-state index in [4.69, 9.17) is 5.73 Å². The second-order valence-electron chi connectivity index (χ2n) is 4.31. The second-order valence-corrected chi connectivity index (χ2v) is 4.31. The molecule has 0 aromatic carbocycles. The molecule has 1 heterocycles. The van der Waals surface area contributed by atoms with Gasteiger partial charge in [-0.15, -0.1) is 5.10 Å². The van der Waals surface area contributed by atoms with Crippen LogP contribution in [0.25, 0.3) is 0 Å². The molecule has 0 bridgehead atoms. The Morgan fingerprint density at radius 1 is 1.29 bits per heavy atom. The average molecular weight is 194 g/mol. The molecule has 0 unspecified atom stereocenters. The standard InChI is InChI=1S/C10H18N4/c1-14-9(8-12-13-14)10(11)6-4-2-3-5-7-10/h8H,2-7,11H2,1H3. The Balaban J connectivity index is 2.25. The van der Waals surface area contributed by atoms with E-state index in [9.17, 15) is 0 Å². The molecule has 0 aliphatic heterocycles. The molecule has 1 aromatic rings. The predicted molar refractivity (Wildman–Crippen MR) is 54.6 cm³/mol. The number of hydrogen-bond acceptors (Lipinski definition) is 3. The molecular formula is C10H18N4. The third-order valence-electron chi connectivity index (χ3n) is 3.22. The number of aryl methyl sites for hydroxylation is 1. The highest BCUT2D eigenvalue weighted by Gasteiger charge is 2.31. The minimum absolute atomic E-state index is 0.186. The van der Waals surface area contributed by atoms with Crippen LogP contribution in [0.15, 0.2) is 6.20 Å². The number of aromatic nitrogens is 3. The lowest BCUT2D eigenvalue weighted by Gasteiger charge is -2.27. The lowest BCUT2D eigenvalue weighted by Crippen LogP contribution is -2.38. The van der Waals surface area contributed by atoms with Crippen molar-refractivity contribution >= 4 is 0 Å². The predicted octanol–water partition coefficient (Wildman–Crippen LogP) is 1.32. The normalized spacial score (nSPS) is 21.9. The second kappa shape index (κ2) is 3.69. The first-order valence-electron chi connectivity index (χ1n) is 5.36. The summed E-state index contributed by atoms with van der Waals surface area (Å²) in [6.45, 7) is 0. The van der Waals surface area contributed by atoms with E-state index in [1.54, 1.807) is 0 Å². The van der Waals surface area contributed by atoms with Gasteiger partial charge < -0.3 is 5.73 Å². The van der Waals surface area contributed by atoms with Gasteiger partial charge in [0.1, 0.15) is 0 Å². The van der Waals surface area contributed by atoms with Gasteiger partial charge in [0.25, 0.3) is 0 Å². The van der Waals surface area contributed by atoms with Crippen LogP contribution in [0, 0.1) is 0 Å². The molecule has 0 radical (unpaired) electrons. The summed E-state index contributed by atoms with van der Waals surface area (Å²) in [6.07, 6.45) is 9.01. The van der Waals surface area contributed by atoms with Gasteiger partial charge in [0.05, 0.1) is 17.4 Å². The molecule has 1 saturated carbocycles. The summed E-state index contributed by atoms with van der Waals surface area (Å²) in [6, 6.07) is 0. The molecule has 0 spiro atoms. The Kier molecular flexibility index (Phi) is 2.54. The zero-order valence-corrected chi connectivity index (χ0v) is 8.74. The van der Waals surface area contributed by atoms with E-state index < -0.39 is 0 Å². The van der Waals surface area contributed by atoms with Gasteiger partial charge in [-0.05, 0) is 12.8 Å². The van der Waals surface area contributed by atoms with Crippen molar-refractivity contribution in [3.05, 3.63) is 11.9 Å². The Morgan fingerprint density at radius 2 is 1.93 bits per heavy atom. The van der Waals surface area contributed by atoms with Crippen LogP contribution in [0.3, 0.4) is 0 Å². The average Bonchev–Trinajstić information content (AvgIpc) is 2.46. The molecule has 2 rings (SSSR count). The summed E-state index contributed by atoms with van der Waals surface area (Å²) in [5, 5.41) is 7.86. The number of nitrogens with two attached hydrogens (primary N) is 1. The lowest BCUT2D eigenvalue weighted by molar-refractivity contribution is 0.358. The van der Waals surface area contributed by atoms with E-state index in [1.807, 2.05) is 17.9 Å². The number of rotatable bonds is 1. The van der Waals surface area contributed by atoms with Crippen LogP contribution < -0.4 is 5.73 Å². The van der Waals surface area contributed by atoms with Crippen molar-refractivity contribution in [1.82, 2.24) is 15.0 Å². The van der Waals surface area contributed by atoms with Gasteiger partial charge >= 0.3 is 0 Å².